The predicted molar refractivity (Wildman–Crippen MR) is 56.7 cm³/mol. The Hall–Kier alpha value is -0.910. The zero-order valence-electron chi connectivity index (χ0n) is 8.64. The van der Waals surface area contributed by atoms with Gasteiger partial charge in [0.25, 0.3) is 0 Å². The van der Waals surface area contributed by atoms with Crippen molar-refractivity contribution in [2.24, 2.45) is 0 Å². The lowest BCUT2D eigenvalue weighted by molar-refractivity contribution is -0.159. The van der Waals surface area contributed by atoms with E-state index in [1.54, 1.807) is 18.4 Å². The van der Waals surface area contributed by atoms with Crippen LogP contribution in [0.25, 0.3) is 0 Å². The van der Waals surface area contributed by atoms with Gasteiger partial charge in [-0.25, -0.2) is 4.79 Å². The lowest BCUT2D eigenvalue weighted by Gasteiger charge is -2.14. The molecule has 84 valence electrons. The van der Waals surface area contributed by atoms with Crippen LogP contribution in [0.2, 0.25) is 0 Å². The molecule has 0 aromatic carbocycles. The maximum atomic E-state index is 11.1. The molecule has 0 radical (unpaired) electrons. The monoisotopic (exact) mass is 230 g/mol. The molecule has 0 saturated heterocycles. The third-order valence-electron chi connectivity index (χ3n) is 1.92. The highest BCUT2D eigenvalue weighted by Crippen LogP contribution is 2.23. The molecule has 0 aliphatic carbocycles. The molecular weight excluding hydrogens is 216 g/mol. The quantitative estimate of drug-likeness (QED) is 0.758. The molecule has 0 aliphatic heterocycles. The Morgan fingerprint density at radius 1 is 1.60 bits per heavy atom. The van der Waals surface area contributed by atoms with E-state index in [0.717, 1.165) is 4.88 Å². The highest BCUT2D eigenvalue weighted by Gasteiger charge is 2.27. The van der Waals surface area contributed by atoms with Gasteiger partial charge >= 0.3 is 5.97 Å². The molecule has 0 spiro atoms. The fourth-order valence-corrected chi connectivity index (χ4v) is 1.89. The number of aliphatic hydroxyl groups excluding tert-OH is 2. The molecule has 1 aromatic rings. The molecule has 1 aromatic heterocycles. The summed E-state index contributed by atoms with van der Waals surface area (Å²) in [4.78, 5) is 12.1. The fourth-order valence-electron chi connectivity index (χ4n) is 1.16. The van der Waals surface area contributed by atoms with Crippen molar-refractivity contribution in [1.82, 2.24) is 0 Å². The van der Waals surface area contributed by atoms with Gasteiger partial charge in [-0.05, 0) is 30.9 Å². The summed E-state index contributed by atoms with van der Waals surface area (Å²) in [5.41, 5.74) is 0.540. The Morgan fingerprint density at radius 3 is 2.73 bits per heavy atom. The number of hydrogen-bond acceptors (Lipinski definition) is 5. The first-order valence-corrected chi connectivity index (χ1v) is 5.52. The SMILES string of the molecule is CCOC(=O)C(O)C(O)c1csc(C)c1. The second kappa shape index (κ2) is 5.25. The first-order chi connectivity index (χ1) is 7.06. The van der Waals surface area contributed by atoms with Gasteiger partial charge in [-0.15, -0.1) is 11.3 Å². The summed E-state index contributed by atoms with van der Waals surface area (Å²) in [7, 11) is 0. The minimum absolute atomic E-state index is 0.186. The summed E-state index contributed by atoms with van der Waals surface area (Å²) < 4.78 is 4.61. The highest BCUT2D eigenvalue weighted by atomic mass is 32.1. The maximum absolute atomic E-state index is 11.1. The summed E-state index contributed by atoms with van der Waals surface area (Å²) in [6.45, 7) is 3.72. The Bertz CT molecular complexity index is 334. The van der Waals surface area contributed by atoms with Crippen molar-refractivity contribution in [3.05, 3.63) is 21.9 Å². The number of carbonyl (C=O) groups excluding carboxylic acids is 1. The second-order valence-corrected chi connectivity index (χ2v) is 4.25. The standard InChI is InChI=1S/C10H14O4S/c1-3-14-10(13)9(12)8(11)7-4-6(2)15-5-7/h4-5,8-9,11-12H,3H2,1-2H3. The van der Waals surface area contributed by atoms with Crippen molar-refractivity contribution in [1.29, 1.82) is 0 Å². The van der Waals surface area contributed by atoms with Gasteiger partial charge < -0.3 is 14.9 Å². The summed E-state index contributed by atoms with van der Waals surface area (Å²) >= 11 is 1.45. The Morgan fingerprint density at radius 2 is 2.27 bits per heavy atom. The lowest BCUT2D eigenvalue weighted by Crippen LogP contribution is -2.29. The number of esters is 1. The van der Waals surface area contributed by atoms with Crippen molar-refractivity contribution >= 4 is 17.3 Å². The second-order valence-electron chi connectivity index (χ2n) is 3.13. The molecule has 0 saturated carbocycles. The van der Waals surface area contributed by atoms with Crippen LogP contribution >= 0.6 is 11.3 Å². The molecule has 0 fully saturated rings. The van der Waals surface area contributed by atoms with Crippen molar-refractivity contribution in [2.45, 2.75) is 26.1 Å². The van der Waals surface area contributed by atoms with Crippen LogP contribution in [0.4, 0.5) is 0 Å². The minimum atomic E-state index is -1.51. The summed E-state index contributed by atoms with van der Waals surface area (Å²) in [6.07, 6.45) is -2.73. The van der Waals surface area contributed by atoms with Gasteiger partial charge in [0, 0.05) is 4.88 Å². The molecule has 0 bridgehead atoms. The average Bonchev–Trinajstić information content (AvgIpc) is 2.63. The van der Waals surface area contributed by atoms with Crippen molar-refractivity contribution in [3.63, 3.8) is 0 Å². The lowest BCUT2D eigenvalue weighted by atomic mass is 10.1. The number of rotatable bonds is 4. The average molecular weight is 230 g/mol. The molecule has 15 heavy (non-hydrogen) atoms. The van der Waals surface area contributed by atoms with Crippen LogP contribution < -0.4 is 0 Å². The molecule has 1 heterocycles. The fraction of sp³-hybridized carbons (Fsp3) is 0.500. The van der Waals surface area contributed by atoms with Crippen molar-refractivity contribution in [3.8, 4) is 0 Å². The van der Waals surface area contributed by atoms with Crippen LogP contribution in [0.15, 0.2) is 11.4 Å². The van der Waals surface area contributed by atoms with E-state index in [0.29, 0.717) is 5.56 Å². The van der Waals surface area contributed by atoms with Crippen molar-refractivity contribution in [2.75, 3.05) is 6.61 Å². The molecule has 2 N–H and O–H groups in total. The summed E-state index contributed by atoms with van der Waals surface area (Å²) in [5.74, 6) is -0.797. The number of aliphatic hydroxyl groups is 2. The Labute approximate surface area is 92.1 Å². The Balaban J connectivity index is 2.67. The van der Waals surface area contributed by atoms with Gasteiger partial charge in [0.15, 0.2) is 6.10 Å². The van der Waals surface area contributed by atoms with Crippen LogP contribution in [0.3, 0.4) is 0 Å². The zero-order chi connectivity index (χ0) is 11.4. The molecule has 0 amide bonds. The normalized spacial score (nSPS) is 14.7. The number of hydrogen-bond donors (Lipinski definition) is 2. The molecule has 1 rings (SSSR count). The number of aryl methyl sites for hydroxylation is 1. The minimum Gasteiger partial charge on any atom is -0.464 e. The third kappa shape index (κ3) is 3.02. The van der Waals surface area contributed by atoms with Gasteiger partial charge in [-0.3, -0.25) is 0 Å². The molecule has 4 nitrogen and oxygen atoms in total. The van der Waals surface area contributed by atoms with E-state index in [2.05, 4.69) is 4.74 Å². The van der Waals surface area contributed by atoms with Gasteiger partial charge in [0.05, 0.1) is 6.61 Å². The largest absolute Gasteiger partial charge is 0.464 e. The van der Waals surface area contributed by atoms with Crippen LogP contribution in [-0.4, -0.2) is 28.9 Å². The first-order valence-electron chi connectivity index (χ1n) is 4.64. The Kier molecular flexibility index (Phi) is 4.26. The number of carbonyl (C=O) groups is 1. The van der Waals surface area contributed by atoms with Crippen LogP contribution in [0, 0.1) is 6.92 Å². The van der Waals surface area contributed by atoms with Crippen LogP contribution in [0.5, 0.6) is 0 Å². The van der Waals surface area contributed by atoms with Gasteiger partial charge in [0.1, 0.15) is 6.10 Å². The van der Waals surface area contributed by atoms with Crippen molar-refractivity contribution < 1.29 is 19.7 Å². The van der Waals surface area contributed by atoms with E-state index in [9.17, 15) is 15.0 Å². The summed E-state index contributed by atoms with van der Waals surface area (Å²) in [5, 5.41) is 20.8. The van der Waals surface area contributed by atoms with E-state index in [4.69, 9.17) is 0 Å². The number of ether oxygens (including phenoxy) is 1. The third-order valence-corrected chi connectivity index (χ3v) is 2.80. The zero-order valence-corrected chi connectivity index (χ0v) is 9.45. The van der Waals surface area contributed by atoms with E-state index in [1.165, 1.54) is 11.3 Å². The molecule has 2 atom stereocenters. The molecule has 5 heteroatoms. The van der Waals surface area contributed by atoms with Crippen LogP contribution in [-0.2, 0) is 9.53 Å². The van der Waals surface area contributed by atoms with E-state index in [1.807, 2.05) is 6.92 Å². The number of thiophene rings is 1. The topological polar surface area (TPSA) is 66.8 Å². The molecular formula is C10H14O4S. The molecule has 0 aliphatic rings. The van der Waals surface area contributed by atoms with Gasteiger partial charge in [0.2, 0.25) is 0 Å². The highest BCUT2D eigenvalue weighted by molar-refractivity contribution is 7.10. The van der Waals surface area contributed by atoms with E-state index in [-0.39, 0.29) is 6.61 Å². The van der Waals surface area contributed by atoms with E-state index < -0.39 is 18.2 Å². The summed E-state index contributed by atoms with van der Waals surface area (Å²) in [6, 6.07) is 1.73. The maximum Gasteiger partial charge on any atom is 0.338 e. The van der Waals surface area contributed by atoms with Crippen LogP contribution in [0.1, 0.15) is 23.5 Å². The molecule has 2 unspecified atom stereocenters. The smallest absolute Gasteiger partial charge is 0.338 e. The van der Waals surface area contributed by atoms with E-state index >= 15 is 0 Å². The first kappa shape index (κ1) is 12.2. The van der Waals surface area contributed by atoms with Gasteiger partial charge in [-0.1, -0.05) is 0 Å². The predicted octanol–water partition coefficient (Wildman–Crippen LogP) is 1.01. The van der Waals surface area contributed by atoms with Gasteiger partial charge in [-0.2, -0.15) is 0 Å².